The SMILES string of the molecule is [C-]#[N+]/C(C#N)=C/c1ccc(-c2cc3c(s2)C2=CC4C=C5C(=CC4C=C2C32CCCCC2)c2sc(-c3ccc(C=C(C#N)C#N)s3)cc2C52CCCCC2)s1. The van der Waals surface area contributed by atoms with Crippen molar-refractivity contribution in [1.82, 2.24) is 0 Å². The summed E-state index contributed by atoms with van der Waals surface area (Å²) in [5.74, 6) is 0.675. The fourth-order valence-corrected chi connectivity index (χ4v) is 14.9. The Morgan fingerprint density at radius 2 is 1.09 bits per heavy atom. The third-order valence-corrected chi connectivity index (χ3v) is 17.5. The van der Waals surface area contributed by atoms with Crippen molar-refractivity contribution < 1.29 is 0 Å². The molecule has 2 atom stereocenters. The van der Waals surface area contributed by atoms with Crippen LogP contribution in [0.3, 0.4) is 0 Å². The first kappa shape index (κ1) is 33.7. The van der Waals surface area contributed by atoms with Crippen molar-refractivity contribution in [2.45, 2.75) is 75.0 Å². The van der Waals surface area contributed by atoms with Crippen molar-refractivity contribution in [2.24, 2.45) is 11.8 Å². The number of fused-ring (bicyclic) bond motifs is 11. The van der Waals surface area contributed by atoms with Crippen LogP contribution >= 0.6 is 45.3 Å². The Morgan fingerprint density at radius 3 is 1.54 bits per heavy atom. The van der Waals surface area contributed by atoms with Crippen molar-refractivity contribution in [3.63, 3.8) is 0 Å². The third kappa shape index (κ3) is 5.05. The average molecular weight is 771 g/mol. The van der Waals surface area contributed by atoms with Gasteiger partial charge in [0.05, 0.1) is 12.6 Å². The van der Waals surface area contributed by atoms with E-state index in [1.165, 1.54) is 116 Å². The summed E-state index contributed by atoms with van der Waals surface area (Å²) in [5, 5.41) is 27.9. The summed E-state index contributed by atoms with van der Waals surface area (Å²) >= 11 is 7.21. The molecule has 0 aliphatic heterocycles. The summed E-state index contributed by atoms with van der Waals surface area (Å²) in [6.07, 6.45) is 26.5. The number of nitriles is 3. The second kappa shape index (κ2) is 12.9. The Balaban J connectivity index is 1.05. The van der Waals surface area contributed by atoms with E-state index >= 15 is 0 Å². The number of allylic oxidation sites excluding steroid dienone is 10. The highest BCUT2D eigenvalue weighted by Crippen LogP contribution is 2.65. The van der Waals surface area contributed by atoms with E-state index in [-0.39, 0.29) is 22.1 Å². The number of thiophene rings is 4. The lowest BCUT2D eigenvalue weighted by Crippen LogP contribution is -2.31. The molecule has 54 heavy (non-hydrogen) atoms. The van der Waals surface area contributed by atoms with Crippen molar-refractivity contribution in [3.8, 4) is 37.7 Å². The molecule has 6 aliphatic carbocycles. The lowest BCUT2D eigenvalue weighted by atomic mass is 9.63. The maximum absolute atomic E-state index is 9.31. The lowest BCUT2D eigenvalue weighted by molar-refractivity contribution is 0.347. The molecule has 0 bridgehead atoms. The molecule has 4 aromatic heterocycles. The fourth-order valence-electron chi connectivity index (χ4n) is 10.3. The van der Waals surface area contributed by atoms with Crippen LogP contribution in [-0.2, 0) is 10.8 Å². The Hall–Kier alpha value is -4.80. The monoisotopic (exact) mass is 770 g/mol. The van der Waals surface area contributed by atoms with Gasteiger partial charge in [-0.3, -0.25) is 0 Å². The molecule has 0 saturated heterocycles. The number of nitrogens with zero attached hydrogens (tertiary/aromatic N) is 4. The normalized spacial score (nSPS) is 22.5. The van der Waals surface area contributed by atoms with Gasteiger partial charge in [-0.25, -0.2) is 10.1 Å². The zero-order valence-corrected chi connectivity index (χ0v) is 32.8. The first-order valence-corrected chi connectivity index (χ1v) is 22.1. The zero-order chi connectivity index (χ0) is 36.6. The van der Waals surface area contributed by atoms with E-state index < -0.39 is 0 Å². The van der Waals surface area contributed by atoms with Gasteiger partial charge in [-0.2, -0.15) is 10.5 Å². The molecule has 0 amide bonds. The fraction of sp³-hybridized carbons (Fsp3) is 0.304. The molecule has 0 aromatic carbocycles. The minimum atomic E-state index is 0.0714. The standard InChI is InChI=1S/C46H34N4S4/c1-50-30(26-49)21-32-9-11-40(52-32)42-23-38-44(54-42)34-18-29-19-35-33(17-28(29)20-36(34)46(38)14-6-3-7-15-46)43-37(45(35)12-4-2-5-13-45)22-41(53-43)39-10-8-31(51-39)16-27(24-47)25-48/h8-11,16-23,28-29H,2-7,12-15H2/b30-21+. The Labute approximate surface area is 332 Å². The largest absolute Gasteiger partial charge is 0.263 e. The maximum atomic E-state index is 9.31. The first-order valence-electron chi connectivity index (χ1n) is 18.9. The molecule has 8 heteroatoms. The molecule has 0 radical (unpaired) electrons. The average Bonchev–Trinajstić information content (AvgIpc) is 4.07. The van der Waals surface area contributed by atoms with E-state index in [2.05, 4.69) is 53.4 Å². The molecule has 262 valence electrons. The highest BCUT2D eigenvalue weighted by molar-refractivity contribution is 7.23. The summed E-state index contributed by atoms with van der Waals surface area (Å²) in [6, 6.07) is 19.4. The summed E-state index contributed by atoms with van der Waals surface area (Å²) in [7, 11) is 0. The van der Waals surface area contributed by atoms with Crippen molar-refractivity contribution in [3.05, 3.63) is 125 Å². The van der Waals surface area contributed by atoms with Crippen LogP contribution in [0.25, 0.3) is 47.7 Å². The molecule has 2 saturated carbocycles. The summed E-state index contributed by atoms with van der Waals surface area (Å²) in [4.78, 5) is 13.2. The van der Waals surface area contributed by atoms with E-state index in [0.717, 1.165) is 9.75 Å². The van der Waals surface area contributed by atoms with Crippen LogP contribution < -0.4 is 0 Å². The molecule has 2 fully saturated rings. The van der Waals surface area contributed by atoms with Crippen LogP contribution in [0.5, 0.6) is 0 Å². The summed E-state index contributed by atoms with van der Waals surface area (Å²) in [6.45, 7) is 7.30. The van der Waals surface area contributed by atoms with Crippen LogP contribution in [0.4, 0.5) is 0 Å². The highest BCUT2D eigenvalue weighted by Gasteiger charge is 2.52. The van der Waals surface area contributed by atoms with Crippen LogP contribution in [0, 0.1) is 52.4 Å². The van der Waals surface area contributed by atoms with E-state index in [4.69, 9.17) is 6.57 Å². The van der Waals surface area contributed by atoms with Gasteiger partial charge in [0, 0.05) is 61.7 Å². The van der Waals surface area contributed by atoms with Crippen molar-refractivity contribution in [1.29, 1.82) is 15.8 Å². The molecule has 4 heterocycles. The topological polar surface area (TPSA) is 75.7 Å². The van der Waals surface area contributed by atoms with E-state index in [1.807, 2.05) is 53.0 Å². The quantitative estimate of drug-likeness (QED) is 0.153. The van der Waals surface area contributed by atoms with Crippen LogP contribution in [0.2, 0.25) is 0 Å². The van der Waals surface area contributed by atoms with Gasteiger partial charge in [0.2, 0.25) is 0 Å². The van der Waals surface area contributed by atoms with Gasteiger partial charge in [-0.15, -0.1) is 45.3 Å². The van der Waals surface area contributed by atoms with Gasteiger partial charge < -0.3 is 0 Å². The van der Waals surface area contributed by atoms with Crippen molar-refractivity contribution >= 4 is 68.6 Å². The second-order valence-corrected chi connectivity index (χ2v) is 19.7. The zero-order valence-electron chi connectivity index (χ0n) is 29.6. The molecule has 4 aromatic rings. The van der Waals surface area contributed by atoms with E-state index in [0.29, 0.717) is 11.8 Å². The van der Waals surface area contributed by atoms with Crippen molar-refractivity contribution in [2.75, 3.05) is 0 Å². The van der Waals surface area contributed by atoms with E-state index in [1.54, 1.807) is 46.0 Å². The summed E-state index contributed by atoms with van der Waals surface area (Å²) in [5.41, 5.74) is 9.54. The molecular weight excluding hydrogens is 737 g/mol. The number of hydrogen-bond acceptors (Lipinski definition) is 7. The molecule has 2 unspecified atom stereocenters. The Kier molecular flexibility index (Phi) is 8.07. The Morgan fingerprint density at radius 1 is 0.611 bits per heavy atom. The molecule has 2 spiro atoms. The van der Waals surface area contributed by atoms with Crippen LogP contribution in [0.15, 0.2) is 83.1 Å². The van der Waals surface area contributed by atoms with Gasteiger partial charge in [0.25, 0.3) is 5.70 Å². The van der Waals surface area contributed by atoms with Crippen LogP contribution in [0.1, 0.15) is 94.8 Å². The first-order chi connectivity index (χ1) is 26.5. The smallest absolute Gasteiger partial charge is 0.227 e. The van der Waals surface area contributed by atoms with Gasteiger partial charge in [0.15, 0.2) is 0 Å². The number of hydrogen-bond donors (Lipinski definition) is 0. The third-order valence-electron chi connectivity index (χ3n) is 12.7. The van der Waals surface area contributed by atoms with Gasteiger partial charge in [-0.1, -0.05) is 62.8 Å². The maximum Gasteiger partial charge on any atom is 0.263 e. The highest BCUT2D eigenvalue weighted by atomic mass is 32.1. The molecule has 0 N–H and O–H groups in total. The molecule has 10 rings (SSSR count). The minimum Gasteiger partial charge on any atom is -0.227 e. The second-order valence-electron chi connectivity index (χ2n) is 15.4. The van der Waals surface area contributed by atoms with Crippen LogP contribution in [-0.4, -0.2) is 0 Å². The van der Waals surface area contributed by atoms with Gasteiger partial charge in [0.1, 0.15) is 17.7 Å². The molecule has 4 nitrogen and oxygen atoms in total. The van der Waals surface area contributed by atoms with Gasteiger partial charge >= 0.3 is 0 Å². The van der Waals surface area contributed by atoms with E-state index in [9.17, 15) is 15.8 Å². The lowest BCUT2D eigenvalue weighted by Gasteiger charge is -2.40. The Bertz CT molecular complexity index is 2420. The minimum absolute atomic E-state index is 0.0714. The predicted molar refractivity (Wildman–Crippen MR) is 223 cm³/mol. The van der Waals surface area contributed by atoms with Gasteiger partial charge in [-0.05, 0) is 108 Å². The molecular formula is C46H34N4S4. The number of rotatable bonds is 4. The molecule has 6 aliphatic rings. The predicted octanol–water partition coefficient (Wildman–Crippen LogP) is 13.5. The summed E-state index contributed by atoms with van der Waals surface area (Å²) < 4.78 is 0.